The fourth-order valence-electron chi connectivity index (χ4n) is 2.71. The minimum absolute atomic E-state index is 0.131. The number of hydrogen-bond acceptors (Lipinski definition) is 2. The summed E-state index contributed by atoms with van der Waals surface area (Å²) in [5.74, 6) is 0.788. The number of carbonyl (C=O) groups is 1. The Hall–Kier alpha value is -2.55. The second-order valence-corrected chi connectivity index (χ2v) is 7.12. The Morgan fingerprint density at radius 2 is 1.88 bits per heavy atom. The normalized spacial score (nSPS) is 13.6. The van der Waals surface area contributed by atoms with Crippen LogP contribution in [0.15, 0.2) is 48.5 Å². The van der Waals surface area contributed by atoms with Gasteiger partial charge in [0, 0.05) is 18.2 Å². The summed E-state index contributed by atoms with van der Waals surface area (Å²) < 4.78 is 5.47. The van der Waals surface area contributed by atoms with Crippen LogP contribution >= 0.6 is 0 Å². The molecule has 0 saturated heterocycles. The van der Waals surface area contributed by atoms with E-state index in [0.717, 1.165) is 35.6 Å². The first-order chi connectivity index (χ1) is 11.4. The van der Waals surface area contributed by atoms with Crippen LogP contribution in [0.3, 0.4) is 0 Å². The van der Waals surface area contributed by atoms with Gasteiger partial charge in [0.15, 0.2) is 0 Å². The van der Waals surface area contributed by atoms with Crippen molar-refractivity contribution in [2.24, 2.45) is 0 Å². The van der Waals surface area contributed by atoms with E-state index in [1.807, 2.05) is 36.4 Å². The summed E-state index contributed by atoms with van der Waals surface area (Å²) in [5.41, 5.74) is 4.38. The predicted octanol–water partition coefficient (Wildman–Crippen LogP) is 4.57. The standard InChI is InChI=1S/C21H23NO2/c1-21(2,3)17-7-4-15(5-8-17)6-11-20(23)22-18-9-10-19-16(14-18)12-13-24-19/h4-11,14H,12-13H2,1-3H3,(H,22,23)/b11-6+. The number of anilines is 1. The summed E-state index contributed by atoms with van der Waals surface area (Å²) in [5, 5.41) is 2.90. The first-order valence-corrected chi connectivity index (χ1v) is 8.27. The second-order valence-electron chi connectivity index (χ2n) is 7.12. The van der Waals surface area contributed by atoms with Crippen LogP contribution in [0.4, 0.5) is 5.69 Å². The van der Waals surface area contributed by atoms with Crippen LogP contribution in [0.25, 0.3) is 6.08 Å². The SMILES string of the molecule is CC(C)(C)c1ccc(/C=C/C(=O)Nc2ccc3c(c2)CCO3)cc1. The fourth-order valence-corrected chi connectivity index (χ4v) is 2.71. The Kier molecular flexibility index (Phi) is 4.43. The van der Waals surface area contributed by atoms with Crippen LogP contribution in [0, 0.1) is 0 Å². The summed E-state index contributed by atoms with van der Waals surface area (Å²) in [4.78, 5) is 12.1. The molecule has 0 atom stereocenters. The van der Waals surface area contributed by atoms with Gasteiger partial charge in [0.25, 0.3) is 0 Å². The maximum atomic E-state index is 12.1. The van der Waals surface area contributed by atoms with E-state index in [0.29, 0.717) is 0 Å². The number of carbonyl (C=O) groups excluding carboxylic acids is 1. The number of benzene rings is 2. The molecule has 1 N–H and O–H groups in total. The lowest BCUT2D eigenvalue weighted by molar-refractivity contribution is -0.111. The Morgan fingerprint density at radius 3 is 2.58 bits per heavy atom. The maximum Gasteiger partial charge on any atom is 0.248 e. The highest BCUT2D eigenvalue weighted by molar-refractivity contribution is 6.02. The third-order valence-electron chi connectivity index (χ3n) is 4.16. The van der Waals surface area contributed by atoms with Gasteiger partial charge in [0.1, 0.15) is 5.75 Å². The lowest BCUT2D eigenvalue weighted by Gasteiger charge is -2.18. The van der Waals surface area contributed by atoms with Crippen molar-refractivity contribution in [1.82, 2.24) is 0 Å². The Morgan fingerprint density at radius 1 is 1.12 bits per heavy atom. The quantitative estimate of drug-likeness (QED) is 0.841. The zero-order valence-electron chi connectivity index (χ0n) is 14.4. The molecule has 2 aromatic carbocycles. The average molecular weight is 321 g/mol. The van der Waals surface area contributed by atoms with Gasteiger partial charge in [-0.2, -0.15) is 0 Å². The van der Waals surface area contributed by atoms with Gasteiger partial charge in [0.05, 0.1) is 6.61 Å². The van der Waals surface area contributed by atoms with Gasteiger partial charge in [-0.15, -0.1) is 0 Å². The van der Waals surface area contributed by atoms with Crippen molar-refractivity contribution < 1.29 is 9.53 Å². The van der Waals surface area contributed by atoms with E-state index in [1.165, 1.54) is 5.56 Å². The van der Waals surface area contributed by atoms with Crippen molar-refractivity contribution in [3.8, 4) is 5.75 Å². The zero-order chi connectivity index (χ0) is 17.2. The summed E-state index contributed by atoms with van der Waals surface area (Å²) >= 11 is 0. The summed E-state index contributed by atoms with van der Waals surface area (Å²) in [6.07, 6.45) is 4.29. The highest BCUT2D eigenvalue weighted by Crippen LogP contribution is 2.28. The predicted molar refractivity (Wildman–Crippen MR) is 98.4 cm³/mol. The smallest absolute Gasteiger partial charge is 0.248 e. The topological polar surface area (TPSA) is 38.3 Å². The molecule has 0 radical (unpaired) electrons. The molecule has 3 nitrogen and oxygen atoms in total. The molecule has 24 heavy (non-hydrogen) atoms. The molecule has 1 heterocycles. The van der Waals surface area contributed by atoms with Gasteiger partial charge in [-0.05, 0) is 46.4 Å². The molecule has 0 fully saturated rings. The van der Waals surface area contributed by atoms with E-state index >= 15 is 0 Å². The highest BCUT2D eigenvalue weighted by atomic mass is 16.5. The molecule has 1 aliphatic rings. The van der Waals surface area contributed by atoms with E-state index in [9.17, 15) is 4.79 Å². The second kappa shape index (κ2) is 6.52. The molecule has 1 aliphatic heterocycles. The Bertz CT molecular complexity index is 767. The Balaban J connectivity index is 1.63. The van der Waals surface area contributed by atoms with Gasteiger partial charge < -0.3 is 10.1 Å². The van der Waals surface area contributed by atoms with Crippen molar-refractivity contribution >= 4 is 17.7 Å². The van der Waals surface area contributed by atoms with Crippen LogP contribution in [-0.4, -0.2) is 12.5 Å². The van der Waals surface area contributed by atoms with Crippen molar-refractivity contribution in [2.75, 3.05) is 11.9 Å². The maximum absolute atomic E-state index is 12.1. The van der Waals surface area contributed by atoms with Crippen LogP contribution in [0.1, 0.15) is 37.5 Å². The van der Waals surface area contributed by atoms with Crippen molar-refractivity contribution in [1.29, 1.82) is 0 Å². The zero-order valence-corrected chi connectivity index (χ0v) is 14.4. The minimum atomic E-state index is -0.131. The number of ether oxygens (including phenoxy) is 1. The van der Waals surface area contributed by atoms with E-state index < -0.39 is 0 Å². The molecule has 124 valence electrons. The number of rotatable bonds is 3. The van der Waals surface area contributed by atoms with Crippen molar-refractivity contribution in [3.05, 3.63) is 65.2 Å². The fraction of sp³-hybridized carbons (Fsp3) is 0.286. The molecule has 2 aromatic rings. The van der Waals surface area contributed by atoms with E-state index in [4.69, 9.17) is 4.74 Å². The molecular weight excluding hydrogens is 298 g/mol. The van der Waals surface area contributed by atoms with Crippen LogP contribution in [-0.2, 0) is 16.6 Å². The van der Waals surface area contributed by atoms with Gasteiger partial charge >= 0.3 is 0 Å². The van der Waals surface area contributed by atoms with Crippen molar-refractivity contribution in [3.63, 3.8) is 0 Å². The van der Waals surface area contributed by atoms with Gasteiger partial charge in [-0.3, -0.25) is 4.79 Å². The third kappa shape index (κ3) is 3.85. The minimum Gasteiger partial charge on any atom is -0.493 e. The third-order valence-corrected chi connectivity index (χ3v) is 4.16. The number of amides is 1. The summed E-state index contributed by atoms with van der Waals surface area (Å²) in [6.45, 7) is 7.28. The molecule has 0 aromatic heterocycles. The molecular formula is C21H23NO2. The molecule has 0 spiro atoms. The van der Waals surface area contributed by atoms with E-state index in [2.05, 4.69) is 38.2 Å². The van der Waals surface area contributed by atoms with E-state index in [1.54, 1.807) is 6.08 Å². The molecule has 0 saturated carbocycles. The first-order valence-electron chi connectivity index (χ1n) is 8.27. The monoisotopic (exact) mass is 321 g/mol. The number of fused-ring (bicyclic) bond motifs is 1. The molecule has 0 unspecified atom stereocenters. The van der Waals surface area contributed by atoms with Crippen LogP contribution < -0.4 is 10.1 Å². The first kappa shape index (κ1) is 16.3. The average Bonchev–Trinajstić information content (AvgIpc) is 3.00. The van der Waals surface area contributed by atoms with Gasteiger partial charge in [-0.25, -0.2) is 0 Å². The lowest BCUT2D eigenvalue weighted by atomic mass is 9.87. The lowest BCUT2D eigenvalue weighted by Crippen LogP contribution is -2.10. The largest absolute Gasteiger partial charge is 0.493 e. The number of hydrogen-bond donors (Lipinski definition) is 1. The van der Waals surface area contributed by atoms with Crippen LogP contribution in [0.2, 0.25) is 0 Å². The molecule has 0 aliphatic carbocycles. The molecule has 3 rings (SSSR count). The highest BCUT2D eigenvalue weighted by Gasteiger charge is 2.13. The van der Waals surface area contributed by atoms with Gasteiger partial charge in [0.2, 0.25) is 5.91 Å². The molecule has 1 amide bonds. The summed E-state index contributed by atoms with van der Waals surface area (Å²) in [7, 11) is 0. The van der Waals surface area contributed by atoms with Gasteiger partial charge in [-0.1, -0.05) is 45.0 Å². The molecule has 0 bridgehead atoms. The van der Waals surface area contributed by atoms with E-state index in [-0.39, 0.29) is 11.3 Å². The summed E-state index contributed by atoms with van der Waals surface area (Å²) in [6, 6.07) is 14.1. The Labute approximate surface area is 143 Å². The van der Waals surface area contributed by atoms with Crippen LogP contribution in [0.5, 0.6) is 5.75 Å². The molecule has 3 heteroatoms. The van der Waals surface area contributed by atoms with Crippen molar-refractivity contribution in [2.45, 2.75) is 32.6 Å². The number of nitrogens with one attached hydrogen (secondary N) is 1.